The van der Waals surface area contributed by atoms with Crippen molar-refractivity contribution in [1.29, 1.82) is 0 Å². The second-order valence-corrected chi connectivity index (χ2v) is 2.97. The summed E-state index contributed by atoms with van der Waals surface area (Å²) in [5.41, 5.74) is 5.25. The van der Waals surface area contributed by atoms with Gasteiger partial charge in [0, 0.05) is 6.42 Å². The lowest BCUT2D eigenvalue weighted by Gasteiger charge is -2.03. The van der Waals surface area contributed by atoms with E-state index >= 15 is 0 Å². The summed E-state index contributed by atoms with van der Waals surface area (Å²) in [6, 6.07) is 8.36. The zero-order valence-corrected chi connectivity index (χ0v) is 8.13. The summed E-state index contributed by atoms with van der Waals surface area (Å²) in [5, 5.41) is 0. The minimum atomic E-state index is 0.764. The minimum Gasteiger partial charge on any atom is -0.493 e. The minimum absolute atomic E-state index is 0.764. The molecule has 1 rings (SSSR count). The van der Waals surface area contributed by atoms with Crippen LogP contribution in [0.5, 0.6) is 0 Å². The third-order valence-corrected chi connectivity index (χ3v) is 1.93. The molecular formula is C12H14O. The van der Waals surface area contributed by atoms with Crippen LogP contribution in [0.4, 0.5) is 0 Å². The van der Waals surface area contributed by atoms with E-state index in [1.165, 1.54) is 11.1 Å². The second kappa shape index (κ2) is 4.54. The van der Waals surface area contributed by atoms with Crippen molar-refractivity contribution in [1.82, 2.24) is 0 Å². The number of hydrogen-bond donors (Lipinski definition) is 0. The lowest BCUT2D eigenvalue weighted by atomic mass is 10.1. The first-order valence-corrected chi connectivity index (χ1v) is 4.24. The highest BCUT2D eigenvalue weighted by Crippen LogP contribution is 2.08. The molecule has 0 saturated heterocycles. The van der Waals surface area contributed by atoms with Crippen molar-refractivity contribution >= 4 is 0 Å². The third-order valence-electron chi connectivity index (χ3n) is 1.93. The smallest absolute Gasteiger partial charge is 0.141 e. The molecule has 0 amide bonds. The van der Waals surface area contributed by atoms with Gasteiger partial charge in [-0.1, -0.05) is 42.1 Å². The van der Waals surface area contributed by atoms with Crippen LogP contribution in [0.1, 0.15) is 11.1 Å². The molecule has 0 bridgehead atoms. The molecule has 0 saturated carbocycles. The Hall–Kier alpha value is -1.46. The molecule has 0 N–H and O–H groups in total. The van der Waals surface area contributed by atoms with E-state index in [-0.39, 0.29) is 0 Å². The van der Waals surface area contributed by atoms with E-state index in [0.717, 1.165) is 12.2 Å². The molecule has 1 aromatic rings. The molecule has 0 aliphatic carbocycles. The maximum Gasteiger partial charge on any atom is 0.141 e. The van der Waals surface area contributed by atoms with Crippen LogP contribution in [0.15, 0.2) is 42.3 Å². The summed E-state index contributed by atoms with van der Waals surface area (Å²) in [6.45, 7) is 5.63. The van der Waals surface area contributed by atoms with Crippen molar-refractivity contribution in [2.75, 3.05) is 7.11 Å². The normalized spacial score (nSPS) is 9.08. The molecule has 13 heavy (non-hydrogen) atoms. The molecule has 0 atom stereocenters. The van der Waals surface area contributed by atoms with Crippen molar-refractivity contribution in [3.8, 4) is 0 Å². The second-order valence-electron chi connectivity index (χ2n) is 2.97. The van der Waals surface area contributed by atoms with Crippen LogP contribution in [0.25, 0.3) is 0 Å². The van der Waals surface area contributed by atoms with Gasteiger partial charge in [-0.2, -0.15) is 0 Å². The van der Waals surface area contributed by atoms with Gasteiger partial charge in [0.25, 0.3) is 0 Å². The Morgan fingerprint density at radius 1 is 1.38 bits per heavy atom. The van der Waals surface area contributed by atoms with Crippen LogP contribution in [0.3, 0.4) is 0 Å². The molecule has 1 nitrogen and oxygen atoms in total. The van der Waals surface area contributed by atoms with Gasteiger partial charge in [0.2, 0.25) is 0 Å². The van der Waals surface area contributed by atoms with Crippen LogP contribution in [-0.2, 0) is 11.2 Å². The number of hydrogen-bond acceptors (Lipinski definition) is 1. The van der Waals surface area contributed by atoms with E-state index in [0.29, 0.717) is 0 Å². The SMILES string of the molecule is C=C=C(Cc1ccc(C)cc1)OC. The Morgan fingerprint density at radius 2 is 2.00 bits per heavy atom. The molecule has 68 valence electrons. The summed E-state index contributed by atoms with van der Waals surface area (Å²) in [7, 11) is 1.64. The van der Waals surface area contributed by atoms with Gasteiger partial charge in [-0.3, -0.25) is 0 Å². The lowest BCUT2D eigenvalue weighted by molar-refractivity contribution is 0.284. The Labute approximate surface area is 79.4 Å². The van der Waals surface area contributed by atoms with E-state index in [4.69, 9.17) is 4.74 Å². The van der Waals surface area contributed by atoms with Gasteiger partial charge in [-0.25, -0.2) is 0 Å². The Kier molecular flexibility index (Phi) is 3.36. The first-order chi connectivity index (χ1) is 6.26. The average molecular weight is 174 g/mol. The largest absolute Gasteiger partial charge is 0.493 e. The highest BCUT2D eigenvalue weighted by atomic mass is 16.5. The zero-order chi connectivity index (χ0) is 9.68. The van der Waals surface area contributed by atoms with Crippen LogP contribution in [0, 0.1) is 6.92 Å². The van der Waals surface area contributed by atoms with Crippen molar-refractivity contribution in [2.45, 2.75) is 13.3 Å². The number of aryl methyl sites for hydroxylation is 1. The van der Waals surface area contributed by atoms with Crippen LogP contribution in [0.2, 0.25) is 0 Å². The third kappa shape index (κ3) is 2.81. The fourth-order valence-electron chi connectivity index (χ4n) is 1.10. The van der Waals surface area contributed by atoms with Crippen LogP contribution < -0.4 is 0 Å². The number of methoxy groups -OCH3 is 1. The highest BCUT2D eigenvalue weighted by Gasteiger charge is 1.97. The molecule has 1 aromatic carbocycles. The predicted molar refractivity (Wildman–Crippen MR) is 54.5 cm³/mol. The number of rotatable bonds is 3. The fraction of sp³-hybridized carbons (Fsp3) is 0.250. The topological polar surface area (TPSA) is 9.23 Å². The van der Waals surface area contributed by atoms with Gasteiger partial charge < -0.3 is 4.74 Å². The van der Waals surface area contributed by atoms with Gasteiger partial charge in [0.15, 0.2) is 0 Å². The van der Waals surface area contributed by atoms with Crippen molar-refractivity contribution < 1.29 is 4.74 Å². The van der Waals surface area contributed by atoms with Gasteiger partial charge in [0.05, 0.1) is 7.11 Å². The first kappa shape index (κ1) is 9.63. The van der Waals surface area contributed by atoms with Crippen LogP contribution >= 0.6 is 0 Å². The quantitative estimate of drug-likeness (QED) is 0.505. The van der Waals surface area contributed by atoms with Gasteiger partial charge in [-0.05, 0) is 12.5 Å². The van der Waals surface area contributed by atoms with Crippen molar-refractivity contribution in [2.24, 2.45) is 0 Å². The van der Waals surface area contributed by atoms with Crippen molar-refractivity contribution in [3.63, 3.8) is 0 Å². The van der Waals surface area contributed by atoms with Gasteiger partial charge >= 0.3 is 0 Å². The van der Waals surface area contributed by atoms with E-state index in [1.54, 1.807) is 7.11 Å². The fourth-order valence-corrected chi connectivity index (χ4v) is 1.10. The summed E-state index contributed by atoms with van der Waals surface area (Å²) >= 11 is 0. The molecule has 0 heterocycles. The summed E-state index contributed by atoms with van der Waals surface area (Å²) in [4.78, 5) is 0. The molecular weight excluding hydrogens is 160 g/mol. The maximum absolute atomic E-state index is 5.08. The van der Waals surface area contributed by atoms with Gasteiger partial charge in [0.1, 0.15) is 5.76 Å². The summed E-state index contributed by atoms with van der Waals surface area (Å²) < 4.78 is 5.08. The van der Waals surface area contributed by atoms with Gasteiger partial charge in [-0.15, -0.1) is 0 Å². The molecule has 0 spiro atoms. The lowest BCUT2D eigenvalue weighted by Crippen LogP contribution is -1.91. The number of allylic oxidation sites excluding steroid dienone is 1. The molecule has 1 heteroatoms. The summed E-state index contributed by atoms with van der Waals surface area (Å²) in [5.74, 6) is 0.781. The Morgan fingerprint density at radius 3 is 2.46 bits per heavy atom. The van der Waals surface area contributed by atoms with E-state index in [1.807, 2.05) is 0 Å². The highest BCUT2D eigenvalue weighted by molar-refractivity contribution is 5.24. The van der Waals surface area contributed by atoms with E-state index in [9.17, 15) is 0 Å². The summed E-state index contributed by atoms with van der Waals surface area (Å²) in [6.07, 6.45) is 0.764. The predicted octanol–water partition coefficient (Wildman–Crippen LogP) is 2.85. The average Bonchev–Trinajstić information content (AvgIpc) is 2.17. The Balaban J connectivity index is 2.75. The molecule has 0 aliphatic heterocycles. The molecule has 0 fully saturated rings. The van der Waals surface area contributed by atoms with E-state index < -0.39 is 0 Å². The standard InChI is InChI=1S/C12H14O/c1-4-12(13-3)9-11-7-5-10(2)6-8-11/h5-8H,1,9H2,2-3H3. The first-order valence-electron chi connectivity index (χ1n) is 4.24. The van der Waals surface area contributed by atoms with Crippen LogP contribution in [-0.4, -0.2) is 7.11 Å². The van der Waals surface area contributed by atoms with E-state index in [2.05, 4.69) is 43.5 Å². The molecule has 0 aromatic heterocycles. The molecule has 0 unspecified atom stereocenters. The molecule has 0 aliphatic rings. The molecule has 0 radical (unpaired) electrons. The monoisotopic (exact) mass is 174 g/mol. The zero-order valence-electron chi connectivity index (χ0n) is 8.13. The Bertz CT molecular complexity index is 315. The maximum atomic E-state index is 5.08. The number of benzene rings is 1. The number of ether oxygens (including phenoxy) is 1. The van der Waals surface area contributed by atoms with Crippen molar-refractivity contribution in [3.05, 3.63) is 53.5 Å².